The number of carbonyl (C=O) groups excluding carboxylic acids is 1. The van der Waals surface area contributed by atoms with Crippen LogP contribution in [0.15, 0.2) is 67.0 Å². The molecule has 2 aliphatic rings. The lowest BCUT2D eigenvalue weighted by atomic mass is 9.96. The van der Waals surface area contributed by atoms with Crippen LogP contribution in [-0.2, 0) is 26.1 Å². The van der Waals surface area contributed by atoms with Gasteiger partial charge in [-0.25, -0.2) is 0 Å². The van der Waals surface area contributed by atoms with Gasteiger partial charge in [0, 0.05) is 63.3 Å². The topological polar surface area (TPSA) is 72.3 Å². The van der Waals surface area contributed by atoms with E-state index in [-0.39, 0.29) is 11.9 Å². The summed E-state index contributed by atoms with van der Waals surface area (Å²) in [5.74, 6) is 0.0303. The normalized spacial score (nSPS) is 16.9. The third-order valence-electron chi connectivity index (χ3n) is 7.10. The van der Waals surface area contributed by atoms with Crippen LogP contribution >= 0.6 is 0 Å². The Kier molecular flexibility index (Phi) is 7.17. The Morgan fingerprint density at radius 3 is 2.51 bits per heavy atom. The van der Waals surface area contributed by atoms with Crippen molar-refractivity contribution in [2.75, 3.05) is 19.6 Å². The van der Waals surface area contributed by atoms with Crippen LogP contribution in [-0.4, -0.2) is 46.4 Å². The summed E-state index contributed by atoms with van der Waals surface area (Å²) < 4.78 is 0. The summed E-state index contributed by atoms with van der Waals surface area (Å²) in [6.07, 6.45) is 6.65. The van der Waals surface area contributed by atoms with E-state index in [0.29, 0.717) is 5.56 Å². The number of nitrogens with zero attached hydrogens (tertiary/aromatic N) is 4. The van der Waals surface area contributed by atoms with E-state index in [9.17, 15) is 4.79 Å². The van der Waals surface area contributed by atoms with Gasteiger partial charge in [-0.15, -0.1) is 0 Å². The largest absolute Gasteiger partial charge is 0.349 e. The molecule has 0 atom stereocenters. The number of amides is 1. The number of nitrogens with one attached hydrogen (secondary N) is 1. The number of benzene rings is 2. The number of fused-ring (bicyclic) bond motifs is 1. The Morgan fingerprint density at radius 2 is 1.77 bits per heavy atom. The van der Waals surface area contributed by atoms with Crippen molar-refractivity contribution in [3.8, 4) is 6.07 Å². The Bertz CT molecular complexity index is 1190. The number of piperidine rings is 1. The number of rotatable bonds is 6. The van der Waals surface area contributed by atoms with Crippen molar-refractivity contribution in [3.63, 3.8) is 0 Å². The molecule has 5 rings (SSSR count). The lowest BCUT2D eigenvalue weighted by Gasteiger charge is -2.32. The number of aromatic nitrogens is 1. The van der Waals surface area contributed by atoms with Gasteiger partial charge in [0.2, 0.25) is 0 Å². The number of carbonyl (C=O) groups is 1. The number of likely N-dealkylation sites (tertiary alicyclic amines) is 1. The molecular weight excluding hydrogens is 434 g/mol. The van der Waals surface area contributed by atoms with Gasteiger partial charge in [0.15, 0.2) is 0 Å². The third-order valence-corrected chi connectivity index (χ3v) is 7.10. The molecule has 6 nitrogen and oxygen atoms in total. The maximum Gasteiger partial charge on any atom is 0.251 e. The fourth-order valence-corrected chi connectivity index (χ4v) is 5.09. The Labute approximate surface area is 207 Å². The van der Waals surface area contributed by atoms with Crippen LogP contribution in [0, 0.1) is 11.3 Å². The van der Waals surface area contributed by atoms with Gasteiger partial charge in [0.05, 0.1) is 11.6 Å². The first kappa shape index (κ1) is 23.2. The molecule has 3 aromatic rings. The van der Waals surface area contributed by atoms with E-state index in [0.717, 1.165) is 64.1 Å². The van der Waals surface area contributed by atoms with Crippen molar-refractivity contribution in [1.82, 2.24) is 20.1 Å². The molecule has 1 saturated heterocycles. The summed E-state index contributed by atoms with van der Waals surface area (Å²) in [6, 6.07) is 20.5. The third kappa shape index (κ3) is 5.94. The predicted molar refractivity (Wildman–Crippen MR) is 135 cm³/mol. The average Bonchev–Trinajstić information content (AvgIpc) is 2.90. The molecule has 35 heavy (non-hydrogen) atoms. The molecule has 6 heteroatoms. The number of pyridine rings is 1. The lowest BCUT2D eigenvalue weighted by molar-refractivity contribution is 0.0908. The maximum atomic E-state index is 13.0. The highest BCUT2D eigenvalue weighted by Crippen LogP contribution is 2.23. The standard InChI is InChI=1S/C29H31N5O/c30-17-22-3-5-23(6-4-22)19-34-13-9-25-7-8-26(16-27(25)21-34)29(35)32-28-10-14-33(15-11-28)20-24-2-1-12-31-18-24/h1-8,12,16,18,28H,9-11,13-15,19-21H2,(H,32,35). The van der Waals surface area contributed by atoms with E-state index in [4.69, 9.17) is 5.26 Å². The fraction of sp³-hybridized carbons (Fsp3) is 0.345. The van der Waals surface area contributed by atoms with Gasteiger partial charge < -0.3 is 5.32 Å². The highest BCUT2D eigenvalue weighted by atomic mass is 16.1. The molecule has 0 bridgehead atoms. The van der Waals surface area contributed by atoms with Gasteiger partial charge in [-0.1, -0.05) is 24.3 Å². The highest BCUT2D eigenvalue weighted by Gasteiger charge is 2.23. The molecule has 0 aliphatic carbocycles. The molecule has 1 N–H and O–H groups in total. The van der Waals surface area contributed by atoms with E-state index in [1.165, 1.54) is 22.3 Å². The smallest absolute Gasteiger partial charge is 0.251 e. The molecule has 0 spiro atoms. The Balaban J connectivity index is 1.14. The van der Waals surface area contributed by atoms with Gasteiger partial charge >= 0.3 is 0 Å². The zero-order chi connectivity index (χ0) is 24.0. The van der Waals surface area contributed by atoms with Crippen molar-refractivity contribution in [3.05, 3.63) is 100 Å². The SMILES string of the molecule is N#Cc1ccc(CN2CCc3ccc(C(=O)NC4CCN(Cc5cccnc5)CC4)cc3C2)cc1. The predicted octanol–water partition coefficient (Wildman–Crippen LogP) is 3.91. The zero-order valence-corrected chi connectivity index (χ0v) is 20.0. The molecule has 0 saturated carbocycles. The van der Waals surface area contributed by atoms with E-state index in [2.05, 4.69) is 44.4 Å². The van der Waals surface area contributed by atoms with E-state index < -0.39 is 0 Å². The Morgan fingerprint density at radius 1 is 0.971 bits per heavy atom. The van der Waals surface area contributed by atoms with Gasteiger partial charge in [0.25, 0.3) is 5.91 Å². The van der Waals surface area contributed by atoms with Crippen molar-refractivity contribution in [2.45, 2.75) is 44.9 Å². The van der Waals surface area contributed by atoms with E-state index >= 15 is 0 Å². The quantitative estimate of drug-likeness (QED) is 0.598. The van der Waals surface area contributed by atoms with Crippen LogP contribution in [0.5, 0.6) is 0 Å². The first-order chi connectivity index (χ1) is 17.2. The molecule has 1 amide bonds. The number of hydrogen-bond acceptors (Lipinski definition) is 5. The van der Waals surface area contributed by atoms with E-state index in [1.807, 2.05) is 42.6 Å². The molecule has 0 radical (unpaired) electrons. The molecule has 0 unspecified atom stereocenters. The van der Waals surface area contributed by atoms with Gasteiger partial charge in [0.1, 0.15) is 0 Å². The van der Waals surface area contributed by atoms with Gasteiger partial charge in [-0.3, -0.25) is 19.6 Å². The minimum atomic E-state index is 0.0303. The van der Waals surface area contributed by atoms with Crippen LogP contribution in [0.25, 0.3) is 0 Å². The van der Waals surface area contributed by atoms with E-state index in [1.54, 1.807) is 6.20 Å². The van der Waals surface area contributed by atoms with Gasteiger partial charge in [-0.2, -0.15) is 5.26 Å². The van der Waals surface area contributed by atoms with Crippen molar-refractivity contribution in [1.29, 1.82) is 5.26 Å². The first-order valence-corrected chi connectivity index (χ1v) is 12.4. The molecular formula is C29H31N5O. The van der Waals surface area contributed by atoms with Crippen molar-refractivity contribution < 1.29 is 4.79 Å². The minimum Gasteiger partial charge on any atom is -0.349 e. The summed E-state index contributed by atoms with van der Waals surface area (Å²) in [7, 11) is 0. The Hall–Kier alpha value is -3.53. The molecule has 2 aliphatic heterocycles. The summed E-state index contributed by atoms with van der Waals surface area (Å²) in [5, 5.41) is 12.3. The fourth-order valence-electron chi connectivity index (χ4n) is 5.09. The number of hydrogen-bond donors (Lipinski definition) is 1. The second-order valence-electron chi connectivity index (χ2n) is 9.64. The maximum absolute atomic E-state index is 13.0. The van der Waals surface area contributed by atoms with Crippen molar-refractivity contribution in [2.24, 2.45) is 0 Å². The lowest BCUT2D eigenvalue weighted by Crippen LogP contribution is -2.44. The molecule has 1 aromatic heterocycles. The van der Waals surface area contributed by atoms with Crippen LogP contribution in [0.1, 0.15) is 51.0 Å². The first-order valence-electron chi connectivity index (χ1n) is 12.4. The van der Waals surface area contributed by atoms with Crippen molar-refractivity contribution >= 4 is 5.91 Å². The summed E-state index contributed by atoms with van der Waals surface area (Å²) in [4.78, 5) is 22.1. The zero-order valence-electron chi connectivity index (χ0n) is 20.0. The number of nitriles is 1. The van der Waals surface area contributed by atoms with Crippen LogP contribution in [0.3, 0.4) is 0 Å². The molecule has 2 aromatic carbocycles. The summed E-state index contributed by atoms with van der Waals surface area (Å²) in [5.41, 5.74) is 6.45. The highest BCUT2D eigenvalue weighted by molar-refractivity contribution is 5.94. The molecule has 178 valence electrons. The van der Waals surface area contributed by atoms with Crippen LogP contribution < -0.4 is 5.32 Å². The van der Waals surface area contributed by atoms with Crippen LogP contribution in [0.2, 0.25) is 0 Å². The second-order valence-corrected chi connectivity index (χ2v) is 9.64. The summed E-state index contributed by atoms with van der Waals surface area (Å²) in [6.45, 7) is 5.56. The summed E-state index contributed by atoms with van der Waals surface area (Å²) >= 11 is 0. The molecule has 3 heterocycles. The molecule has 1 fully saturated rings. The minimum absolute atomic E-state index is 0.0303. The average molecular weight is 466 g/mol. The van der Waals surface area contributed by atoms with Gasteiger partial charge in [-0.05, 0) is 71.8 Å². The second kappa shape index (κ2) is 10.8. The monoisotopic (exact) mass is 465 g/mol. The van der Waals surface area contributed by atoms with Crippen LogP contribution in [0.4, 0.5) is 0 Å².